The van der Waals surface area contributed by atoms with Gasteiger partial charge in [-0.2, -0.15) is 0 Å². The van der Waals surface area contributed by atoms with Gasteiger partial charge in [0.05, 0.1) is 0 Å². The summed E-state index contributed by atoms with van der Waals surface area (Å²) >= 11 is 0. The lowest BCUT2D eigenvalue weighted by Gasteiger charge is -2.46. The molecule has 2 unspecified atom stereocenters. The van der Waals surface area contributed by atoms with Crippen LogP contribution in [0.5, 0.6) is 0 Å². The summed E-state index contributed by atoms with van der Waals surface area (Å²) in [4.78, 5) is 0. The van der Waals surface area contributed by atoms with E-state index in [-0.39, 0.29) is 26.4 Å². The van der Waals surface area contributed by atoms with E-state index in [1.165, 1.54) is 0 Å². The predicted octanol–water partition coefficient (Wildman–Crippen LogP) is -1.54. The summed E-state index contributed by atoms with van der Waals surface area (Å²) in [5.41, 5.74) is 0. The molecule has 0 aromatic carbocycles. The van der Waals surface area contributed by atoms with Crippen LogP contribution in [0.1, 0.15) is 96.9 Å². The molecule has 0 radical (unpaired) electrons. The quantitative estimate of drug-likeness (QED) is 0.0624. The lowest BCUT2D eigenvalue weighted by molar-refractivity contribution is -0.0837. The molecule has 32 nitrogen and oxygen atoms in total. The summed E-state index contributed by atoms with van der Waals surface area (Å²) in [6, 6.07) is 0. The third-order valence-corrected chi connectivity index (χ3v) is 60.4. The molecule has 0 saturated carbocycles. The molecule has 0 N–H and O–H groups in total. The van der Waals surface area contributed by atoms with Gasteiger partial charge in [-0.15, -0.1) is 0 Å². The first kappa shape index (κ1) is 95.1. The number of rotatable bonds is 50. The molecule has 0 bridgehead atoms. The first-order valence-electron chi connectivity index (χ1n) is 32.1. The van der Waals surface area contributed by atoms with E-state index in [9.17, 15) is 0 Å². The van der Waals surface area contributed by atoms with Crippen LogP contribution in [0.15, 0.2) is 0 Å². The van der Waals surface area contributed by atoms with Crippen molar-refractivity contribution >= 4 is 188 Å². The molecule has 2 fully saturated rings. The van der Waals surface area contributed by atoms with Crippen LogP contribution in [0.3, 0.4) is 0 Å². The normalized spacial score (nSPS) is 26.0. The Morgan fingerprint density at radius 2 is 0.367 bits per heavy atom. The van der Waals surface area contributed by atoms with Gasteiger partial charge in [0.15, 0.2) is 97.6 Å². The van der Waals surface area contributed by atoms with E-state index in [0.29, 0.717) is 66.1 Å². The van der Waals surface area contributed by atoms with Crippen LogP contribution in [0.25, 0.3) is 0 Å². The van der Waals surface area contributed by atoms with Crippen molar-refractivity contribution < 1.29 is 136 Å². The van der Waals surface area contributed by atoms with E-state index in [0.717, 1.165) is 0 Å². The van der Waals surface area contributed by atoms with Crippen LogP contribution < -0.4 is 0 Å². The van der Waals surface area contributed by atoms with Gasteiger partial charge in [-0.1, -0.05) is 65.5 Å². The molecule has 0 amide bonds. The van der Waals surface area contributed by atoms with Crippen molar-refractivity contribution in [3.63, 3.8) is 0 Å². The molecule has 2 atom stereocenters. The lowest BCUT2D eigenvalue weighted by Crippen LogP contribution is -2.76. The summed E-state index contributed by atoms with van der Waals surface area (Å²) in [7, 11) is -44.1. The highest BCUT2D eigenvalue weighted by Gasteiger charge is 2.76. The fourth-order valence-corrected chi connectivity index (χ4v) is 61.6. The van der Waals surface area contributed by atoms with Crippen LogP contribution in [0, 0.1) is 0 Å². The Labute approximate surface area is 575 Å². The average molecular weight is 1650 g/mol. The molecule has 0 spiro atoms. The number of hydrogen-bond donors (Lipinski definition) is 0. The van der Waals surface area contributed by atoms with E-state index >= 15 is 0 Å². The summed E-state index contributed by atoms with van der Waals surface area (Å²) in [6.07, 6.45) is 0. The minimum atomic E-state index is -3.89. The molecule has 2 aliphatic heterocycles. The van der Waals surface area contributed by atoms with Gasteiger partial charge in [-0.25, -0.2) is 0 Å². The Bertz CT molecular complexity index is 1410. The van der Waals surface area contributed by atoms with Crippen LogP contribution in [0.2, 0.25) is 65.5 Å². The van der Waals surface area contributed by atoms with E-state index in [2.05, 4.69) is 13.1 Å². The van der Waals surface area contributed by atoms with Crippen molar-refractivity contribution in [2.24, 2.45) is 0 Å². The fourth-order valence-electron chi connectivity index (χ4n) is 7.41. The van der Waals surface area contributed by atoms with Gasteiger partial charge in [0.25, 0.3) is 0 Å². The summed E-state index contributed by atoms with van der Waals surface area (Å²) < 4.78 is 190. The highest BCUT2D eigenvalue weighted by Crippen LogP contribution is 2.37. The third kappa shape index (κ3) is 34.1. The Hall–Kier alpha value is 3.06. The first-order valence-corrected chi connectivity index (χ1v) is 68.3. The molecule has 544 valence electrons. The van der Waals surface area contributed by atoms with Crippen LogP contribution >= 0.6 is 0 Å². The molecule has 90 heavy (non-hydrogen) atoms. The summed E-state index contributed by atoms with van der Waals surface area (Å²) in [5.74, 6) is 0. The smallest absolute Gasteiger partial charge is 0.401 e. The number of hydrogen-bond acceptors (Lipinski definition) is 32. The van der Waals surface area contributed by atoms with Gasteiger partial charge in [0.1, 0.15) is 0 Å². The Balaban J connectivity index is 0. The Kier molecular flexibility index (Phi) is 56.9. The molecular formula is C38H120O32Si20. The van der Waals surface area contributed by atoms with Crippen molar-refractivity contribution in [1.29, 1.82) is 0 Å². The van der Waals surface area contributed by atoms with Crippen molar-refractivity contribution in [2.45, 2.75) is 162 Å². The highest BCUT2D eigenvalue weighted by molar-refractivity contribution is 6.87. The van der Waals surface area contributed by atoms with Crippen molar-refractivity contribution in [2.75, 3.05) is 92.5 Å². The molecule has 52 heteroatoms. The highest BCUT2D eigenvalue weighted by atomic mass is 28.6. The monoisotopic (exact) mass is 1650 g/mol. The maximum atomic E-state index is 6.44. The molecule has 2 heterocycles. The minimum absolute atomic E-state index is 0.271. The van der Waals surface area contributed by atoms with Crippen LogP contribution in [-0.2, 0) is 136 Å². The fraction of sp³-hybridized carbons (Fsp3) is 1.00. The minimum Gasteiger partial charge on any atom is -0.401 e. The molecular weight excluding hydrogens is 1530 g/mol. The maximum Gasteiger partial charge on any atom is 0.668 e. The van der Waals surface area contributed by atoms with Gasteiger partial charge in [-0.3, -0.25) is 0 Å². The first-order chi connectivity index (χ1) is 43.1. The van der Waals surface area contributed by atoms with Crippen molar-refractivity contribution in [3.8, 4) is 0 Å². The molecule has 0 aliphatic carbocycles. The second-order valence-corrected chi connectivity index (χ2v) is 54.1. The SMILES string of the molecule is CCO[Si](OCC)(O[SiH2]C)O[SiH2]C.CCO[Si](OCC)(O[SiH2]C)O[Si](OCC)(OCC)O[SiH2]C.CCO[Si]1(OCC)O[Si](OCC)(O[SiH2]C)O[Si](OCC)(O[SiH2]C)O1.CCO[Si]1(O[SiH2]C)O[Si](OCC)(O[SiH2]C)O[Si](OCC)(O[SiH2]C)O[Si](OCC)(O[SiH2]C)O1. The zero-order valence-electron chi connectivity index (χ0n) is 59.0. The second-order valence-electron chi connectivity index (χ2n) is 16.2. The van der Waals surface area contributed by atoms with Crippen LogP contribution in [-0.4, -0.2) is 281 Å². The molecule has 2 aliphatic rings. The third-order valence-electron chi connectivity index (χ3n) is 9.71. The molecule has 2 rings (SSSR count). The standard InChI is InChI=1S/C12H40O12Si8.C10H30O9Si5.C10H30O7Si4.C6H20O4Si3/c1-9-13-29(17-25-5)21-30(14-10-2,18-26-6)23-32(16-12-4,20-28-8)24-31(22-29,15-11-3)19-27-7;1-7-11-22(12-8-2)17-23(13-9-3,15-20-5)19-24(18-22,14-10-4)16-21-6;1-7-11-20(12-8-2,15-18-5)17-21(13-9-3,14-10-4)16-19-6;1-5-7-13(8-6-2,9-11-3)10-12-4/h9-12,25-28H2,1-8H3;7-10,20-21H2,1-6H3;7-10,18-19H2,1-6H3;5-6,11-12H2,1-4H3. The summed E-state index contributed by atoms with van der Waals surface area (Å²) in [6.45, 7) is 51.4. The molecule has 2 saturated heterocycles. The largest absolute Gasteiger partial charge is 0.668 e. The molecule has 0 aromatic heterocycles. The topological polar surface area (TPSA) is 295 Å². The van der Waals surface area contributed by atoms with Crippen molar-refractivity contribution in [3.05, 3.63) is 0 Å². The van der Waals surface area contributed by atoms with Crippen LogP contribution in [0.4, 0.5) is 0 Å². The average Bonchev–Trinajstić information content (AvgIpc) is 3.45. The Morgan fingerprint density at radius 1 is 0.211 bits per heavy atom. The predicted molar refractivity (Wildman–Crippen MR) is 384 cm³/mol. The van der Waals surface area contributed by atoms with Gasteiger partial charge >= 0.3 is 90.5 Å². The van der Waals surface area contributed by atoms with Crippen molar-refractivity contribution in [1.82, 2.24) is 0 Å². The van der Waals surface area contributed by atoms with Gasteiger partial charge < -0.3 is 136 Å². The zero-order valence-corrected chi connectivity index (χ0v) is 83.2. The van der Waals surface area contributed by atoms with E-state index < -0.39 is 188 Å². The van der Waals surface area contributed by atoms with E-state index in [1.807, 2.05) is 149 Å². The van der Waals surface area contributed by atoms with Gasteiger partial charge in [-0.05, 0) is 96.9 Å². The van der Waals surface area contributed by atoms with Gasteiger partial charge in [0, 0.05) is 92.5 Å². The van der Waals surface area contributed by atoms with Gasteiger partial charge in [0.2, 0.25) is 0 Å². The summed E-state index contributed by atoms with van der Waals surface area (Å²) in [5, 5.41) is 0. The molecule has 0 aromatic rings. The lowest BCUT2D eigenvalue weighted by atomic mass is 10.9. The Morgan fingerprint density at radius 3 is 0.522 bits per heavy atom. The second kappa shape index (κ2) is 53.8. The maximum absolute atomic E-state index is 6.44. The van der Waals surface area contributed by atoms with E-state index in [4.69, 9.17) is 136 Å². The van der Waals surface area contributed by atoms with E-state index in [1.54, 1.807) is 0 Å². The zero-order chi connectivity index (χ0) is 68.6.